The van der Waals surface area contributed by atoms with Gasteiger partial charge >= 0.3 is 0 Å². The van der Waals surface area contributed by atoms with Crippen LogP contribution in [0.1, 0.15) is 31.2 Å². The highest BCUT2D eigenvalue weighted by Crippen LogP contribution is 2.25. The third kappa shape index (κ3) is 3.99. The van der Waals surface area contributed by atoms with E-state index in [-0.39, 0.29) is 0 Å². The van der Waals surface area contributed by atoms with E-state index < -0.39 is 0 Å². The van der Waals surface area contributed by atoms with E-state index in [1.54, 1.807) is 0 Å². The van der Waals surface area contributed by atoms with Crippen LogP contribution in [-0.2, 0) is 0 Å². The van der Waals surface area contributed by atoms with Gasteiger partial charge in [-0.1, -0.05) is 28.4 Å². The van der Waals surface area contributed by atoms with Gasteiger partial charge in [0.05, 0.1) is 6.61 Å². The standard InChI is InChI=1S/C15H22BrNO/c1-13-14(16)7-5-8-15(13)18-12-6-11-17-9-3-2-4-10-17/h5,7-8H,2-4,6,9-12H2,1H3. The van der Waals surface area contributed by atoms with Crippen molar-refractivity contribution in [2.75, 3.05) is 26.2 Å². The maximum absolute atomic E-state index is 5.85. The molecule has 1 aliphatic rings. The number of nitrogens with zero attached hydrogens (tertiary/aromatic N) is 1. The van der Waals surface area contributed by atoms with Crippen molar-refractivity contribution in [1.29, 1.82) is 0 Å². The Morgan fingerprint density at radius 1 is 1.22 bits per heavy atom. The van der Waals surface area contributed by atoms with E-state index in [0.29, 0.717) is 0 Å². The maximum Gasteiger partial charge on any atom is 0.123 e. The molecule has 0 N–H and O–H groups in total. The molecule has 2 nitrogen and oxygen atoms in total. The minimum absolute atomic E-state index is 0.813. The van der Waals surface area contributed by atoms with E-state index in [1.165, 1.54) is 44.5 Å². The molecule has 0 spiro atoms. The van der Waals surface area contributed by atoms with Gasteiger partial charge in [-0.3, -0.25) is 0 Å². The number of hydrogen-bond donors (Lipinski definition) is 0. The van der Waals surface area contributed by atoms with E-state index in [4.69, 9.17) is 4.74 Å². The normalized spacial score (nSPS) is 16.8. The fraction of sp³-hybridized carbons (Fsp3) is 0.600. The van der Waals surface area contributed by atoms with E-state index in [0.717, 1.165) is 23.2 Å². The Morgan fingerprint density at radius 3 is 2.78 bits per heavy atom. The Kier molecular flexibility index (Phi) is 5.51. The van der Waals surface area contributed by atoms with E-state index >= 15 is 0 Å². The van der Waals surface area contributed by atoms with Crippen molar-refractivity contribution < 1.29 is 4.74 Å². The van der Waals surface area contributed by atoms with Crippen molar-refractivity contribution in [2.24, 2.45) is 0 Å². The van der Waals surface area contributed by atoms with Crippen LogP contribution in [0, 0.1) is 6.92 Å². The zero-order chi connectivity index (χ0) is 12.8. The molecule has 0 bridgehead atoms. The summed E-state index contributed by atoms with van der Waals surface area (Å²) in [6, 6.07) is 6.12. The Balaban J connectivity index is 1.70. The number of benzene rings is 1. The molecule has 0 atom stereocenters. The predicted molar refractivity (Wildman–Crippen MR) is 79.3 cm³/mol. The van der Waals surface area contributed by atoms with Crippen LogP contribution in [0.4, 0.5) is 0 Å². The quantitative estimate of drug-likeness (QED) is 0.762. The summed E-state index contributed by atoms with van der Waals surface area (Å²) in [6.45, 7) is 6.62. The summed E-state index contributed by atoms with van der Waals surface area (Å²) in [4.78, 5) is 2.56. The second-order valence-corrected chi connectivity index (χ2v) is 5.82. The van der Waals surface area contributed by atoms with E-state index in [2.05, 4.69) is 33.8 Å². The van der Waals surface area contributed by atoms with Gasteiger partial charge in [0.1, 0.15) is 5.75 Å². The van der Waals surface area contributed by atoms with Crippen LogP contribution in [0.5, 0.6) is 5.75 Å². The highest BCUT2D eigenvalue weighted by Gasteiger charge is 2.09. The SMILES string of the molecule is Cc1c(Br)cccc1OCCCN1CCCCC1. The Morgan fingerprint density at radius 2 is 2.00 bits per heavy atom. The average Bonchev–Trinajstić information content (AvgIpc) is 2.40. The average molecular weight is 312 g/mol. The van der Waals surface area contributed by atoms with E-state index in [9.17, 15) is 0 Å². The molecule has 0 amide bonds. The summed E-state index contributed by atoms with van der Waals surface area (Å²) in [6.07, 6.45) is 5.26. The number of rotatable bonds is 5. The Labute approximate surface area is 118 Å². The molecule has 0 aromatic heterocycles. The van der Waals surface area contributed by atoms with Crippen LogP contribution in [0.25, 0.3) is 0 Å². The molecule has 1 aromatic carbocycles. The van der Waals surface area contributed by atoms with Crippen molar-refractivity contribution in [1.82, 2.24) is 4.90 Å². The summed E-state index contributed by atoms with van der Waals surface area (Å²) in [5.41, 5.74) is 1.19. The van der Waals surface area contributed by atoms with Crippen LogP contribution >= 0.6 is 15.9 Å². The highest BCUT2D eigenvalue weighted by atomic mass is 79.9. The molecule has 1 aliphatic heterocycles. The second-order valence-electron chi connectivity index (χ2n) is 4.97. The molecule has 1 aromatic rings. The molecular weight excluding hydrogens is 290 g/mol. The first-order chi connectivity index (χ1) is 8.77. The minimum atomic E-state index is 0.813. The summed E-state index contributed by atoms with van der Waals surface area (Å²) in [7, 11) is 0. The zero-order valence-corrected chi connectivity index (χ0v) is 12.7. The molecule has 1 fully saturated rings. The molecular formula is C15H22BrNO. The van der Waals surface area contributed by atoms with Gasteiger partial charge in [0.2, 0.25) is 0 Å². The Hall–Kier alpha value is -0.540. The van der Waals surface area contributed by atoms with Gasteiger partial charge in [-0.15, -0.1) is 0 Å². The predicted octanol–water partition coefficient (Wildman–Crippen LogP) is 4.01. The third-order valence-corrected chi connectivity index (χ3v) is 4.40. The van der Waals surface area contributed by atoms with Crippen molar-refractivity contribution in [3.63, 3.8) is 0 Å². The summed E-state index contributed by atoms with van der Waals surface area (Å²) in [5, 5.41) is 0. The number of ether oxygens (including phenoxy) is 1. The van der Waals surface area contributed by atoms with Gasteiger partial charge in [0.15, 0.2) is 0 Å². The lowest BCUT2D eigenvalue weighted by atomic mass is 10.1. The smallest absolute Gasteiger partial charge is 0.123 e. The van der Waals surface area contributed by atoms with Gasteiger partial charge in [0.25, 0.3) is 0 Å². The molecule has 0 saturated carbocycles. The summed E-state index contributed by atoms with van der Waals surface area (Å²) < 4.78 is 6.97. The number of piperidine rings is 1. The van der Waals surface area contributed by atoms with Crippen LogP contribution < -0.4 is 4.74 Å². The van der Waals surface area contributed by atoms with E-state index in [1.807, 2.05) is 12.1 Å². The molecule has 18 heavy (non-hydrogen) atoms. The number of hydrogen-bond acceptors (Lipinski definition) is 2. The largest absolute Gasteiger partial charge is 0.493 e. The molecule has 0 aliphatic carbocycles. The van der Waals surface area contributed by atoms with Gasteiger partial charge < -0.3 is 9.64 Å². The van der Waals surface area contributed by atoms with Gasteiger partial charge in [-0.25, -0.2) is 0 Å². The third-order valence-electron chi connectivity index (χ3n) is 3.54. The second kappa shape index (κ2) is 7.15. The molecule has 0 unspecified atom stereocenters. The van der Waals surface area contributed by atoms with Crippen LogP contribution in [0.2, 0.25) is 0 Å². The zero-order valence-electron chi connectivity index (χ0n) is 11.1. The van der Waals surface area contributed by atoms with Crippen molar-refractivity contribution >= 4 is 15.9 Å². The van der Waals surface area contributed by atoms with Crippen molar-refractivity contribution in [3.8, 4) is 5.75 Å². The van der Waals surface area contributed by atoms with Crippen LogP contribution in [0.3, 0.4) is 0 Å². The monoisotopic (exact) mass is 311 g/mol. The molecule has 1 heterocycles. The fourth-order valence-electron chi connectivity index (χ4n) is 2.40. The molecule has 0 radical (unpaired) electrons. The fourth-order valence-corrected chi connectivity index (χ4v) is 2.75. The lowest BCUT2D eigenvalue weighted by Gasteiger charge is -2.26. The molecule has 100 valence electrons. The van der Waals surface area contributed by atoms with Gasteiger partial charge in [-0.2, -0.15) is 0 Å². The topological polar surface area (TPSA) is 12.5 Å². The highest BCUT2D eigenvalue weighted by molar-refractivity contribution is 9.10. The lowest BCUT2D eigenvalue weighted by molar-refractivity contribution is 0.204. The lowest BCUT2D eigenvalue weighted by Crippen LogP contribution is -2.31. The Bertz CT molecular complexity index is 375. The first-order valence-corrected chi connectivity index (χ1v) is 7.67. The van der Waals surface area contributed by atoms with Crippen LogP contribution in [-0.4, -0.2) is 31.1 Å². The van der Waals surface area contributed by atoms with Gasteiger partial charge in [-0.05, 0) is 51.4 Å². The molecule has 1 saturated heterocycles. The first-order valence-electron chi connectivity index (χ1n) is 6.87. The maximum atomic E-state index is 5.85. The van der Waals surface area contributed by atoms with Crippen LogP contribution in [0.15, 0.2) is 22.7 Å². The number of likely N-dealkylation sites (tertiary alicyclic amines) is 1. The van der Waals surface area contributed by atoms with Crippen molar-refractivity contribution in [3.05, 3.63) is 28.2 Å². The van der Waals surface area contributed by atoms with Crippen molar-refractivity contribution in [2.45, 2.75) is 32.6 Å². The first kappa shape index (κ1) is 13.9. The molecule has 3 heteroatoms. The minimum Gasteiger partial charge on any atom is -0.493 e. The molecule has 2 rings (SSSR count). The summed E-state index contributed by atoms with van der Waals surface area (Å²) in [5.74, 6) is 1.00. The summed E-state index contributed by atoms with van der Waals surface area (Å²) >= 11 is 3.53. The van der Waals surface area contributed by atoms with Gasteiger partial charge in [0, 0.05) is 16.6 Å². The number of halogens is 1.